The van der Waals surface area contributed by atoms with Crippen LogP contribution in [-0.4, -0.2) is 50.4 Å². The molecule has 38 heavy (non-hydrogen) atoms. The van der Waals surface area contributed by atoms with Crippen LogP contribution in [0.15, 0.2) is 0 Å². The zero-order chi connectivity index (χ0) is 27.7. The second-order valence-electron chi connectivity index (χ2n) is 13.9. The molecular formula is C27H46O9S2. The van der Waals surface area contributed by atoms with Gasteiger partial charge in [0, 0.05) is 5.41 Å². The van der Waals surface area contributed by atoms with Gasteiger partial charge >= 0.3 is 20.8 Å². The SMILES string of the molecule is CC(C)CCCC(COS(=O)(=O)O)C1CCC2C3CCC4C5OC3(CCC12C)C4(C)CCC5OS(=O)(=O)O. The summed E-state index contributed by atoms with van der Waals surface area (Å²) in [6.07, 6.45) is 9.26. The Labute approximate surface area is 228 Å². The molecule has 5 rings (SSSR count). The number of ether oxygens (including phenoxy) is 1. The van der Waals surface area contributed by atoms with Crippen LogP contribution in [0.5, 0.6) is 0 Å². The fourth-order valence-electron chi connectivity index (χ4n) is 10.3. The predicted octanol–water partition coefficient (Wildman–Crippen LogP) is 5.23. The van der Waals surface area contributed by atoms with Gasteiger partial charge in [0.1, 0.15) is 6.10 Å². The first-order valence-corrected chi connectivity index (χ1v) is 17.3. The summed E-state index contributed by atoms with van der Waals surface area (Å²) in [4.78, 5) is 0. The van der Waals surface area contributed by atoms with Crippen molar-refractivity contribution in [3.8, 4) is 0 Å². The lowest BCUT2D eigenvalue weighted by Gasteiger charge is -2.61. The molecule has 0 radical (unpaired) electrons. The minimum absolute atomic E-state index is 0.0206. The van der Waals surface area contributed by atoms with Gasteiger partial charge in [-0.05, 0) is 98.7 Å². The second-order valence-corrected chi connectivity index (χ2v) is 16.0. The maximum atomic E-state index is 11.6. The van der Waals surface area contributed by atoms with E-state index >= 15 is 0 Å². The maximum Gasteiger partial charge on any atom is 0.397 e. The number of rotatable bonds is 10. The maximum absolute atomic E-state index is 11.6. The summed E-state index contributed by atoms with van der Waals surface area (Å²) in [7, 11) is -9.05. The van der Waals surface area contributed by atoms with E-state index in [2.05, 4.69) is 27.7 Å². The van der Waals surface area contributed by atoms with Crippen LogP contribution in [0.3, 0.4) is 0 Å². The molecule has 0 amide bonds. The summed E-state index contributed by atoms with van der Waals surface area (Å²) in [6, 6.07) is 0. The van der Waals surface area contributed by atoms with Crippen molar-refractivity contribution in [2.45, 2.75) is 116 Å². The van der Waals surface area contributed by atoms with E-state index in [0.29, 0.717) is 30.1 Å². The Balaban J connectivity index is 1.39. The summed E-state index contributed by atoms with van der Waals surface area (Å²) in [6.45, 7) is 9.12. The van der Waals surface area contributed by atoms with Crippen molar-refractivity contribution in [1.29, 1.82) is 0 Å². The van der Waals surface area contributed by atoms with Gasteiger partial charge in [0.05, 0.1) is 18.3 Å². The van der Waals surface area contributed by atoms with E-state index in [-0.39, 0.29) is 41.0 Å². The minimum Gasteiger partial charge on any atom is -0.368 e. The van der Waals surface area contributed by atoms with Crippen LogP contribution in [0.25, 0.3) is 0 Å². The van der Waals surface area contributed by atoms with E-state index in [9.17, 15) is 25.9 Å². The molecule has 4 saturated carbocycles. The van der Waals surface area contributed by atoms with Gasteiger partial charge in [0.15, 0.2) is 0 Å². The molecule has 220 valence electrons. The van der Waals surface area contributed by atoms with Crippen LogP contribution in [0.1, 0.15) is 98.3 Å². The van der Waals surface area contributed by atoms with Crippen LogP contribution in [0, 0.1) is 46.3 Å². The van der Waals surface area contributed by atoms with Crippen LogP contribution in [0.2, 0.25) is 0 Å². The van der Waals surface area contributed by atoms with Gasteiger partial charge in [-0.15, -0.1) is 0 Å². The number of hydrogen-bond donors (Lipinski definition) is 2. The average Bonchev–Trinajstić information content (AvgIpc) is 3.11. The Hall–Kier alpha value is -0.300. The normalized spacial score (nSPS) is 45.1. The smallest absolute Gasteiger partial charge is 0.368 e. The van der Waals surface area contributed by atoms with Gasteiger partial charge in [0.2, 0.25) is 0 Å². The summed E-state index contributed by atoms with van der Waals surface area (Å²) in [5, 5.41) is 0. The van der Waals surface area contributed by atoms with Gasteiger partial charge in [-0.3, -0.25) is 9.11 Å². The number of fused-ring (bicyclic) bond motifs is 2. The first kappa shape index (κ1) is 29.2. The Morgan fingerprint density at radius 1 is 0.868 bits per heavy atom. The Bertz CT molecular complexity index is 1110. The zero-order valence-corrected chi connectivity index (χ0v) is 24.8. The molecule has 0 aromatic heterocycles. The van der Waals surface area contributed by atoms with E-state index in [0.717, 1.165) is 64.2 Å². The van der Waals surface area contributed by atoms with Crippen LogP contribution in [0.4, 0.5) is 0 Å². The summed E-state index contributed by atoms with van der Waals surface area (Å²) in [5.41, 5.74) is -0.354. The van der Waals surface area contributed by atoms with E-state index in [4.69, 9.17) is 13.1 Å². The largest absolute Gasteiger partial charge is 0.397 e. The molecule has 9 nitrogen and oxygen atoms in total. The molecule has 11 heteroatoms. The van der Waals surface area contributed by atoms with Crippen molar-refractivity contribution in [2.24, 2.45) is 46.3 Å². The lowest BCUT2D eigenvalue weighted by Crippen LogP contribution is -2.61. The van der Waals surface area contributed by atoms with Crippen LogP contribution < -0.4 is 0 Å². The topological polar surface area (TPSA) is 136 Å². The quantitative estimate of drug-likeness (QED) is 0.334. The van der Waals surface area contributed by atoms with Crippen LogP contribution >= 0.6 is 0 Å². The fourth-order valence-corrected chi connectivity index (χ4v) is 11.2. The Morgan fingerprint density at radius 2 is 1.55 bits per heavy atom. The molecule has 10 atom stereocenters. The molecule has 4 bridgehead atoms. The van der Waals surface area contributed by atoms with E-state index in [1.807, 2.05) is 0 Å². The molecule has 4 aliphatic carbocycles. The third-order valence-corrected chi connectivity index (χ3v) is 12.8. The molecule has 1 aliphatic heterocycles. The van der Waals surface area contributed by atoms with Crippen molar-refractivity contribution in [3.63, 3.8) is 0 Å². The first-order valence-electron chi connectivity index (χ1n) is 14.5. The molecule has 0 aromatic rings. The van der Waals surface area contributed by atoms with E-state index < -0.39 is 26.9 Å². The highest BCUT2D eigenvalue weighted by molar-refractivity contribution is 7.81. The van der Waals surface area contributed by atoms with Gasteiger partial charge in [0.25, 0.3) is 0 Å². The van der Waals surface area contributed by atoms with E-state index in [1.54, 1.807) is 0 Å². The summed E-state index contributed by atoms with van der Waals surface area (Å²) < 4.78 is 81.8. The molecule has 2 N–H and O–H groups in total. The lowest BCUT2D eigenvalue weighted by atomic mass is 9.43. The van der Waals surface area contributed by atoms with Gasteiger partial charge in [-0.25, -0.2) is 8.37 Å². The van der Waals surface area contributed by atoms with Crippen molar-refractivity contribution >= 4 is 20.8 Å². The summed E-state index contributed by atoms with van der Waals surface area (Å²) in [5.74, 6) is 1.93. The van der Waals surface area contributed by atoms with Gasteiger partial charge in [-0.2, -0.15) is 16.8 Å². The van der Waals surface area contributed by atoms with Crippen molar-refractivity contribution in [1.82, 2.24) is 0 Å². The second kappa shape index (κ2) is 9.91. The third-order valence-electron chi connectivity index (χ3n) is 11.8. The zero-order valence-electron chi connectivity index (χ0n) is 23.2. The molecule has 0 aromatic carbocycles. The minimum atomic E-state index is -4.55. The fraction of sp³-hybridized carbons (Fsp3) is 1.00. The lowest BCUT2D eigenvalue weighted by molar-refractivity contribution is -0.194. The Morgan fingerprint density at radius 3 is 2.21 bits per heavy atom. The molecule has 5 fully saturated rings. The standard InChI is InChI=1S/C27H46O9S2/c1-17(2)6-5-7-18(16-34-37(28,29)30)19-8-9-20-21-10-11-22-24-23(36-38(31,32)33)12-13-26(22,4)27(21,35-24)15-14-25(19,20)3/h17-24H,5-16H2,1-4H3,(H,28,29,30)(H,31,32,33). The first-order chi connectivity index (χ1) is 17.6. The molecule has 10 unspecified atom stereocenters. The monoisotopic (exact) mass is 578 g/mol. The summed E-state index contributed by atoms with van der Waals surface area (Å²) >= 11 is 0. The van der Waals surface area contributed by atoms with E-state index in [1.165, 1.54) is 0 Å². The third kappa shape index (κ3) is 4.90. The molecular weight excluding hydrogens is 532 g/mol. The van der Waals surface area contributed by atoms with Crippen LogP contribution in [-0.2, 0) is 33.9 Å². The molecule has 1 spiro atoms. The van der Waals surface area contributed by atoms with Gasteiger partial charge in [-0.1, -0.05) is 40.5 Å². The molecule has 1 heterocycles. The Kier molecular flexibility index (Phi) is 7.62. The predicted molar refractivity (Wildman–Crippen MR) is 141 cm³/mol. The average molecular weight is 579 g/mol. The van der Waals surface area contributed by atoms with Crippen molar-refractivity contribution < 1.29 is 39.0 Å². The highest BCUT2D eigenvalue weighted by Gasteiger charge is 2.74. The van der Waals surface area contributed by atoms with Gasteiger partial charge < -0.3 is 4.74 Å². The van der Waals surface area contributed by atoms with Crippen molar-refractivity contribution in [3.05, 3.63) is 0 Å². The molecule has 1 saturated heterocycles. The highest BCUT2D eigenvalue weighted by Crippen LogP contribution is 2.74. The highest BCUT2D eigenvalue weighted by atomic mass is 32.3. The van der Waals surface area contributed by atoms with Crippen molar-refractivity contribution in [2.75, 3.05) is 6.61 Å². The number of hydrogen-bond acceptors (Lipinski definition) is 7. The molecule has 5 aliphatic rings.